The Morgan fingerprint density at radius 2 is 2.00 bits per heavy atom. The van der Waals surface area contributed by atoms with Gasteiger partial charge in [0.15, 0.2) is 5.82 Å². The second-order valence-corrected chi connectivity index (χ2v) is 5.71. The molecule has 18 heavy (non-hydrogen) atoms. The van der Waals surface area contributed by atoms with Crippen LogP contribution in [-0.2, 0) is 0 Å². The molecule has 0 spiro atoms. The summed E-state index contributed by atoms with van der Waals surface area (Å²) in [5.74, 6) is 2.01. The number of nitrogens with two attached hydrogens (primary N) is 1. The fourth-order valence-corrected chi connectivity index (χ4v) is 3.04. The van der Waals surface area contributed by atoms with E-state index in [1.165, 1.54) is 25.9 Å². The molecule has 2 N–H and O–H groups in total. The first kappa shape index (κ1) is 10.9. The molecule has 6 nitrogen and oxygen atoms in total. The Labute approximate surface area is 106 Å². The number of hydrogen-bond acceptors (Lipinski definition) is 6. The maximum atomic E-state index is 6.10. The number of aromatic nitrogens is 2. The van der Waals surface area contributed by atoms with Crippen molar-refractivity contribution in [1.82, 2.24) is 19.9 Å². The van der Waals surface area contributed by atoms with E-state index in [0.29, 0.717) is 17.9 Å². The first-order valence-corrected chi connectivity index (χ1v) is 6.87. The van der Waals surface area contributed by atoms with Crippen LogP contribution in [0.25, 0.3) is 0 Å². The van der Waals surface area contributed by atoms with Crippen LogP contribution in [0.3, 0.4) is 0 Å². The van der Waals surface area contributed by atoms with E-state index < -0.39 is 0 Å². The van der Waals surface area contributed by atoms with Gasteiger partial charge in [-0.3, -0.25) is 9.80 Å². The van der Waals surface area contributed by atoms with Crippen molar-refractivity contribution in [2.24, 2.45) is 11.7 Å². The number of nitrogens with zero attached hydrogens (tertiary/aromatic N) is 4. The summed E-state index contributed by atoms with van der Waals surface area (Å²) in [5.41, 5.74) is 6.10. The third kappa shape index (κ3) is 1.75. The summed E-state index contributed by atoms with van der Waals surface area (Å²) in [6, 6.07) is 0.249. The average Bonchev–Trinajstić information content (AvgIpc) is 3.16. The maximum Gasteiger partial charge on any atom is 0.243 e. The molecule has 0 aromatic carbocycles. The first-order chi connectivity index (χ1) is 8.81. The number of rotatable bonds is 3. The molecule has 0 radical (unpaired) electrons. The van der Waals surface area contributed by atoms with Gasteiger partial charge in [-0.25, -0.2) is 0 Å². The van der Waals surface area contributed by atoms with Crippen LogP contribution in [0.15, 0.2) is 4.52 Å². The predicted octanol–water partition coefficient (Wildman–Crippen LogP) is 0.152. The lowest BCUT2D eigenvalue weighted by Crippen LogP contribution is -2.57. The summed E-state index contributed by atoms with van der Waals surface area (Å²) < 4.78 is 5.36. The summed E-state index contributed by atoms with van der Waals surface area (Å²) in [6.45, 7) is 5.59. The topological polar surface area (TPSA) is 71.4 Å². The van der Waals surface area contributed by atoms with Crippen molar-refractivity contribution in [1.29, 1.82) is 0 Å². The van der Waals surface area contributed by atoms with Crippen LogP contribution >= 0.6 is 0 Å². The summed E-state index contributed by atoms with van der Waals surface area (Å²) in [7, 11) is 0. The molecule has 0 amide bonds. The van der Waals surface area contributed by atoms with Crippen LogP contribution in [0.5, 0.6) is 0 Å². The maximum absolute atomic E-state index is 6.10. The standard InChI is InChI=1S/C12H19N5O/c13-10(8-1-2-8)12-14-11(15-18-12)9-7-16-3-5-17(9)6-4-16/h8-10H,1-7,13H2. The summed E-state index contributed by atoms with van der Waals surface area (Å²) >= 11 is 0. The fourth-order valence-electron chi connectivity index (χ4n) is 3.04. The SMILES string of the molecule is NC(c1nc(C2CN3CCN2CC3)no1)C1CC1. The lowest BCUT2D eigenvalue weighted by molar-refractivity contribution is 0.00781. The van der Waals surface area contributed by atoms with Gasteiger partial charge in [-0.15, -0.1) is 0 Å². The Hall–Kier alpha value is -0.980. The minimum atomic E-state index is -0.0534. The molecule has 2 bridgehead atoms. The van der Waals surface area contributed by atoms with Gasteiger partial charge in [-0.05, 0) is 18.8 Å². The zero-order chi connectivity index (χ0) is 12.1. The second-order valence-electron chi connectivity index (χ2n) is 5.71. The molecule has 4 heterocycles. The van der Waals surface area contributed by atoms with Crippen LogP contribution in [0.1, 0.15) is 36.6 Å². The Morgan fingerprint density at radius 1 is 1.22 bits per heavy atom. The van der Waals surface area contributed by atoms with Crippen LogP contribution in [0.4, 0.5) is 0 Å². The Kier molecular flexibility index (Phi) is 2.43. The van der Waals surface area contributed by atoms with Gasteiger partial charge >= 0.3 is 0 Å². The largest absolute Gasteiger partial charge is 0.338 e. The fraction of sp³-hybridized carbons (Fsp3) is 0.833. The van der Waals surface area contributed by atoms with Gasteiger partial charge in [0, 0.05) is 32.7 Å². The molecule has 4 aliphatic rings. The highest BCUT2D eigenvalue weighted by molar-refractivity contribution is 5.04. The van der Waals surface area contributed by atoms with Crippen molar-refractivity contribution < 1.29 is 4.52 Å². The van der Waals surface area contributed by atoms with Crippen LogP contribution in [0.2, 0.25) is 0 Å². The highest BCUT2D eigenvalue weighted by atomic mass is 16.5. The van der Waals surface area contributed by atoms with E-state index in [0.717, 1.165) is 25.5 Å². The average molecular weight is 249 g/mol. The third-order valence-corrected chi connectivity index (χ3v) is 4.45. The smallest absolute Gasteiger partial charge is 0.243 e. The molecule has 1 aromatic heterocycles. The van der Waals surface area contributed by atoms with Crippen molar-refractivity contribution in [2.45, 2.75) is 24.9 Å². The highest BCUT2D eigenvalue weighted by Gasteiger charge is 2.37. The Balaban J connectivity index is 1.54. The van der Waals surface area contributed by atoms with Crippen LogP contribution in [-0.4, -0.2) is 52.7 Å². The lowest BCUT2D eigenvalue weighted by atomic mass is 10.1. The molecule has 1 aromatic rings. The van der Waals surface area contributed by atoms with E-state index in [4.69, 9.17) is 10.3 Å². The van der Waals surface area contributed by atoms with Gasteiger partial charge in [-0.2, -0.15) is 4.98 Å². The van der Waals surface area contributed by atoms with Crippen LogP contribution < -0.4 is 5.73 Å². The number of piperazine rings is 3. The van der Waals surface area contributed by atoms with Gasteiger partial charge < -0.3 is 10.3 Å². The van der Waals surface area contributed by atoms with Gasteiger partial charge in [-0.1, -0.05) is 5.16 Å². The monoisotopic (exact) mass is 249 g/mol. The molecule has 6 heteroatoms. The minimum absolute atomic E-state index is 0.0534. The first-order valence-electron chi connectivity index (χ1n) is 6.87. The van der Waals surface area contributed by atoms with E-state index in [1.54, 1.807) is 0 Å². The summed E-state index contributed by atoms with van der Waals surface area (Å²) in [5, 5.41) is 4.16. The molecule has 5 rings (SSSR count). The molecule has 1 aliphatic carbocycles. The number of fused-ring (bicyclic) bond motifs is 3. The van der Waals surface area contributed by atoms with Gasteiger partial charge in [0.25, 0.3) is 0 Å². The lowest BCUT2D eigenvalue weighted by Gasteiger charge is -2.46. The summed E-state index contributed by atoms with van der Waals surface area (Å²) in [6.07, 6.45) is 2.39. The Bertz CT molecular complexity index is 435. The van der Waals surface area contributed by atoms with Crippen molar-refractivity contribution in [3.63, 3.8) is 0 Å². The number of hydrogen-bond donors (Lipinski definition) is 1. The quantitative estimate of drug-likeness (QED) is 0.822. The predicted molar refractivity (Wildman–Crippen MR) is 64.7 cm³/mol. The zero-order valence-corrected chi connectivity index (χ0v) is 10.5. The van der Waals surface area contributed by atoms with Crippen molar-refractivity contribution in [3.05, 3.63) is 11.7 Å². The molecule has 2 unspecified atom stereocenters. The van der Waals surface area contributed by atoms with E-state index in [1.807, 2.05) is 0 Å². The molecule has 2 atom stereocenters. The van der Waals surface area contributed by atoms with Gasteiger partial charge in [0.1, 0.15) is 0 Å². The molecule has 3 aliphatic heterocycles. The van der Waals surface area contributed by atoms with Crippen molar-refractivity contribution >= 4 is 0 Å². The molecule has 3 saturated heterocycles. The molecule has 98 valence electrons. The Morgan fingerprint density at radius 3 is 2.61 bits per heavy atom. The van der Waals surface area contributed by atoms with E-state index in [2.05, 4.69) is 19.9 Å². The van der Waals surface area contributed by atoms with E-state index in [-0.39, 0.29) is 6.04 Å². The zero-order valence-electron chi connectivity index (χ0n) is 10.5. The molecule has 1 saturated carbocycles. The van der Waals surface area contributed by atoms with Crippen molar-refractivity contribution in [2.75, 3.05) is 32.7 Å². The normalized spacial score (nSPS) is 36.8. The third-order valence-electron chi connectivity index (χ3n) is 4.45. The van der Waals surface area contributed by atoms with Gasteiger partial charge in [0.2, 0.25) is 5.89 Å². The highest BCUT2D eigenvalue weighted by Crippen LogP contribution is 2.39. The van der Waals surface area contributed by atoms with Crippen molar-refractivity contribution in [3.8, 4) is 0 Å². The molecule has 4 fully saturated rings. The van der Waals surface area contributed by atoms with E-state index >= 15 is 0 Å². The summed E-state index contributed by atoms with van der Waals surface area (Å²) in [4.78, 5) is 9.47. The minimum Gasteiger partial charge on any atom is -0.338 e. The van der Waals surface area contributed by atoms with Gasteiger partial charge in [0.05, 0.1) is 12.1 Å². The molecular weight excluding hydrogens is 230 g/mol. The van der Waals surface area contributed by atoms with Crippen LogP contribution in [0, 0.1) is 5.92 Å². The van der Waals surface area contributed by atoms with E-state index in [9.17, 15) is 0 Å². The molecular formula is C12H19N5O. The second kappa shape index (κ2) is 4.01.